The normalized spacial score (nSPS) is 11.8. The summed E-state index contributed by atoms with van der Waals surface area (Å²) in [6.07, 6.45) is 1.25. The average molecular weight is 526 g/mol. The molecule has 4 nitrogen and oxygen atoms in total. The van der Waals surface area contributed by atoms with E-state index in [2.05, 4.69) is 45.7 Å². The number of fused-ring (bicyclic) bond motifs is 1. The van der Waals surface area contributed by atoms with Gasteiger partial charge in [0, 0.05) is 14.5 Å². The lowest BCUT2D eigenvalue weighted by Gasteiger charge is -2.20. The Balaban J connectivity index is 0.000000259. The number of aryl methyl sites for hydroxylation is 2. The largest absolute Gasteiger partial charge is 0.552 e. The van der Waals surface area contributed by atoms with Crippen molar-refractivity contribution >= 4 is 50.3 Å². The summed E-state index contributed by atoms with van der Waals surface area (Å²) in [7, 11) is -0.817. The van der Waals surface area contributed by atoms with E-state index in [9.17, 15) is 14.9 Å². The molecule has 0 aromatic heterocycles. The fourth-order valence-corrected chi connectivity index (χ4v) is 3.79. The van der Waals surface area contributed by atoms with E-state index in [1.165, 1.54) is 13.3 Å². The predicted molar refractivity (Wildman–Crippen MR) is 128 cm³/mol. The van der Waals surface area contributed by atoms with Crippen LogP contribution in [0.3, 0.4) is 0 Å². The molecule has 0 bridgehead atoms. The van der Waals surface area contributed by atoms with Crippen molar-refractivity contribution < 1.29 is 19.6 Å². The molecule has 0 spiro atoms. The van der Waals surface area contributed by atoms with E-state index in [1.54, 1.807) is 25.0 Å². The van der Waals surface area contributed by atoms with Gasteiger partial charge in [0.15, 0.2) is 5.78 Å². The van der Waals surface area contributed by atoms with Crippen molar-refractivity contribution in [3.05, 3.63) is 61.4 Å². The van der Waals surface area contributed by atoms with Crippen molar-refractivity contribution in [2.24, 2.45) is 0 Å². The fourth-order valence-electron chi connectivity index (χ4n) is 2.64. The quantitative estimate of drug-likeness (QED) is 0.323. The number of halogens is 2. The maximum Gasteiger partial charge on any atom is 0.552 e. The first-order valence-corrected chi connectivity index (χ1v) is 10.9. The third-order valence-corrected chi connectivity index (χ3v) is 4.86. The molecule has 1 heterocycles. The van der Waals surface area contributed by atoms with Crippen LogP contribution in [0, 0.1) is 13.8 Å². The molecule has 7 heteroatoms. The van der Waals surface area contributed by atoms with Crippen LogP contribution in [0.25, 0.3) is 5.57 Å². The Morgan fingerprint density at radius 3 is 2.10 bits per heavy atom. The van der Waals surface area contributed by atoms with Gasteiger partial charge in [0.2, 0.25) is 0 Å². The van der Waals surface area contributed by atoms with Crippen molar-refractivity contribution in [2.75, 3.05) is 0 Å². The maximum absolute atomic E-state index is 11.0. The molecule has 2 N–H and O–H groups in total. The lowest BCUT2D eigenvalue weighted by molar-refractivity contribution is 0.101. The number of phenolic OH excluding ortho intramolecular Hbond substituents is 1. The van der Waals surface area contributed by atoms with Crippen LogP contribution in [0.5, 0.6) is 11.5 Å². The van der Waals surface area contributed by atoms with Gasteiger partial charge < -0.3 is 14.8 Å². The van der Waals surface area contributed by atoms with Gasteiger partial charge in [0.25, 0.3) is 0 Å². The minimum absolute atomic E-state index is 0.0747. The molecule has 0 saturated heterocycles. The van der Waals surface area contributed by atoms with E-state index in [0.717, 1.165) is 31.4 Å². The molecule has 0 radical (unpaired) electrons. The third kappa shape index (κ3) is 7.32. The number of hydrogen-bond donors (Lipinski definition) is 2. The molecule has 0 saturated carbocycles. The smallest absolute Gasteiger partial charge is 0.532 e. The number of aromatic hydroxyl groups is 1. The average Bonchev–Trinajstić information content (AvgIpc) is 2.60. The Labute approximate surface area is 190 Å². The highest BCUT2D eigenvalue weighted by Gasteiger charge is 2.23. The summed E-state index contributed by atoms with van der Waals surface area (Å²) < 4.78 is 7.18. The topological polar surface area (TPSA) is 66.8 Å². The summed E-state index contributed by atoms with van der Waals surface area (Å²) >= 11 is 6.69. The molecular weight excluding hydrogens is 499 g/mol. The second kappa shape index (κ2) is 11.6. The van der Waals surface area contributed by atoms with E-state index in [4.69, 9.17) is 4.65 Å². The van der Waals surface area contributed by atoms with Gasteiger partial charge in [-0.1, -0.05) is 52.1 Å². The number of Topliss-reactive ketones (excluding diaryl/α,β-unsaturated/α-hetero) is 1. The van der Waals surface area contributed by atoms with E-state index in [1.807, 2.05) is 26.0 Å². The molecule has 0 unspecified atom stereocenters. The van der Waals surface area contributed by atoms with Gasteiger partial charge in [0.1, 0.15) is 11.5 Å². The summed E-state index contributed by atoms with van der Waals surface area (Å²) in [5.41, 5.74) is 4.18. The van der Waals surface area contributed by atoms with Crippen molar-refractivity contribution in [1.82, 2.24) is 0 Å². The fraction of sp³-hybridized carbons (Fsp3) is 0.318. The van der Waals surface area contributed by atoms with Gasteiger partial charge >= 0.3 is 7.12 Å². The van der Waals surface area contributed by atoms with Crippen LogP contribution < -0.4 is 4.65 Å². The summed E-state index contributed by atoms with van der Waals surface area (Å²) in [6.45, 7) is 11.4. The summed E-state index contributed by atoms with van der Waals surface area (Å²) in [5.74, 6) is 2.43. The van der Waals surface area contributed by atoms with E-state index in [0.29, 0.717) is 11.1 Å². The van der Waals surface area contributed by atoms with Crippen LogP contribution in [0.15, 0.2) is 39.2 Å². The highest BCUT2D eigenvalue weighted by Crippen LogP contribution is 2.35. The van der Waals surface area contributed by atoms with Gasteiger partial charge in [-0.3, -0.25) is 4.79 Å². The van der Waals surface area contributed by atoms with Crippen LogP contribution in [-0.4, -0.2) is 23.0 Å². The van der Waals surface area contributed by atoms with Crippen LogP contribution in [-0.2, 0) is 0 Å². The molecule has 3 rings (SSSR count). The number of rotatable bonds is 1. The second-order valence-corrected chi connectivity index (χ2v) is 8.67. The Morgan fingerprint density at radius 1 is 1.03 bits per heavy atom. The van der Waals surface area contributed by atoms with Crippen LogP contribution >= 0.6 is 31.9 Å². The van der Waals surface area contributed by atoms with Crippen molar-refractivity contribution in [2.45, 2.75) is 48.0 Å². The first-order chi connectivity index (χ1) is 13.5. The predicted octanol–water partition coefficient (Wildman–Crippen LogP) is 6.65. The third-order valence-electron chi connectivity index (χ3n) is 3.94. The second-order valence-electron chi connectivity index (χ2n) is 6.84. The first-order valence-electron chi connectivity index (χ1n) is 9.35. The number of allylic oxidation sites excluding steroid dienone is 1. The van der Waals surface area contributed by atoms with Crippen molar-refractivity contribution in [3.8, 4) is 11.5 Å². The number of carbonyl (C=O) groups excluding carboxylic acids is 1. The Hall–Kier alpha value is -1.57. The van der Waals surface area contributed by atoms with Gasteiger partial charge in [-0.2, -0.15) is 0 Å². The lowest BCUT2D eigenvalue weighted by Crippen LogP contribution is -2.23. The summed E-state index contributed by atoms with van der Waals surface area (Å²) in [5, 5.41) is 18.9. The maximum atomic E-state index is 11.0. The molecule has 0 fully saturated rings. The molecule has 1 aliphatic rings. The Morgan fingerprint density at radius 2 is 1.55 bits per heavy atom. The number of phenols is 1. The molecule has 0 aliphatic carbocycles. The van der Waals surface area contributed by atoms with Gasteiger partial charge in [-0.05, 0) is 74.6 Å². The van der Waals surface area contributed by atoms with E-state index < -0.39 is 7.12 Å². The standard InChI is InChI=1S/C10H10BBrO2.C9H9BrO2.C3H8/c1-6-3-8(12)4-9-7(2)5-11(13)14-10(6)9;1-5-3-7(10)4-8(6(2)11)9(5)12;1-3-2/h3-5,13H,1-2H3;3-4,12H,1-2H3;3H2,1-2H3. The summed E-state index contributed by atoms with van der Waals surface area (Å²) in [4.78, 5) is 11.0. The first kappa shape index (κ1) is 25.5. The van der Waals surface area contributed by atoms with E-state index >= 15 is 0 Å². The zero-order chi connectivity index (χ0) is 22.3. The SMILES string of the molecule is CC(=O)c1cc(Br)cc(C)c1O.CC1=CB(O)Oc2c(C)cc(Br)cc21.CCC. The summed E-state index contributed by atoms with van der Waals surface area (Å²) in [6, 6.07) is 7.36. The minimum Gasteiger partial charge on any atom is -0.532 e. The zero-order valence-corrected chi connectivity index (χ0v) is 20.8. The number of benzene rings is 2. The molecule has 1 aliphatic heterocycles. The molecule has 2 aromatic carbocycles. The van der Waals surface area contributed by atoms with Crippen LogP contribution in [0.4, 0.5) is 0 Å². The van der Waals surface area contributed by atoms with Gasteiger partial charge in [-0.25, -0.2) is 0 Å². The van der Waals surface area contributed by atoms with Gasteiger partial charge in [0.05, 0.1) is 5.56 Å². The molecule has 156 valence electrons. The number of hydrogen-bond acceptors (Lipinski definition) is 4. The molecule has 2 aromatic rings. The monoisotopic (exact) mass is 524 g/mol. The van der Waals surface area contributed by atoms with Crippen LogP contribution in [0.2, 0.25) is 0 Å². The Kier molecular flexibility index (Phi) is 10.2. The molecule has 0 amide bonds. The number of carbonyl (C=O) groups is 1. The highest BCUT2D eigenvalue weighted by atomic mass is 79.9. The van der Waals surface area contributed by atoms with Crippen LogP contribution in [0.1, 0.15) is 61.2 Å². The van der Waals surface area contributed by atoms with Crippen molar-refractivity contribution in [3.63, 3.8) is 0 Å². The Bertz CT molecular complexity index is 910. The van der Waals surface area contributed by atoms with Crippen molar-refractivity contribution in [1.29, 1.82) is 0 Å². The zero-order valence-electron chi connectivity index (χ0n) is 17.6. The lowest BCUT2D eigenvalue weighted by atomic mass is 9.82. The highest BCUT2D eigenvalue weighted by molar-refractivity contribution is 9.10. The molecular formula is C22H27BBr2O4. The molecule has 0 atom stereocenters. The molecule has 29 heavy (non-hydrogen) atoms. The van der Waals surface area contributed by atoms with Gasteiger partial charge in [-0.15, -0.1) is 0 Å². The van der Waals surface area contributed by atoms with E-state index in [-0.39, 0.29) is 11.5 Å². The number of ketones is 1. The minimum atomic E-state index is -0.817.